The Morgan fingerprint density at radius 3 is 2.60 bits per heavy atom. The van der Waals surface area contributed by atoms with Gasteiger partial charge in [-0.1, -0.05) is 26.2 Å². The molecule has 1 atom stereocenters. The summed E-state index contributed by atoms with van der Waals surface area (Å²) in [5.41, 5.74) is 0. The summed E-state index contributed by atoms with van der Waals surface area (Å²) in [7, 11) is 1.61. The van der Waals surface area contributed by atoms with E-state index in [2.05, 4.69) is 6.92 Å². The zero-order valence-corrected chi connectivity index (χ0v) is 6.97. The first-order chi connectivity index (χ1) is 4.81. The van der Waals surface area contributed by atoms with Crippen molar-refractivity contribution in [3.8, 4) is 0 Å². The minimum atomic E-state index is -0.253. The van der Waals surface area contributed by atoms with E-state index in [9.17, 15) is 0 Å². The SMILES string of the molecule is CCCCCC(O)COC. The first-order valence-electron chi connectivity index (χ1n) is 3.98. The minimum Gasteiger partial charge on any atom is -0.391 e. The average molecular weight is 146 g/mol. The molecule has 62 valence electrons. The zero-order valence-electron chi connectivity index (χ0n) is 6.97. The van der Waals surface area contributed by atoms with Crippen molar-refractivity contribution in [3.63, 3.8) is 0 Å². The molecule has 0 fully saturated rings. The van der Waals surface area contributed by atoms with Crippen LogP contribution in [0.2, 0.25) is 0 Å². The van der Waals surface area contributed by atoms with Gasteiger partial charge in [-0.25, -0.2) is 0 Å². The summed E-state index contributed by atoms with van der Waals surface area (Å²) < 4.78 is 4.78. The van der Waals surface area contributed by atoms with Gasteiger partial charge in [0.25, 0.3) is 0 Å². The number of methoxy groups -OCH3 is 1. The summed E-state index contributed by atoms with van der Waals surface area (Å²) >= 11 is 0. The van der Waals surface area contributed by atoms with Gasteiger partial charge < -0.3 is 9.84 Å². The van der Waals surface area contributed by atoms with Crippen molar-refractivity contribution in [2.75, 3.05) is 13.7 Å². The largest absolute Gasteiger partial charge is 0.391 e. The number of aliphatic hydroxyl groups is 1. The van der Waals surface area contributed by atoms with Gasteiger partial charge in [0.2, 0.25) is 0 Å². The predicted molar refractivity (Wildman–Crippen MR) is 42.0 cm³/mol. The van der Waals surface area contributed by atoms with Crippen LogP contribution in [0.4, 0.5) is 0 Å². The van der Waals surface area contributed by atoms with Crippen molar-refractivity contribution in [2.45, 2.75) is 38.7 Å². The molecular weight excluding hydrogens is 128 g/mol. The van der Waals surface area contributed by atoms with Crippen LogP contribution >= 0.6 is 0 Å². The normalized spacial score (nSPS) is 13.5. The summed E-state index contributed by atoms with van der Waals surface area (Å²) in [4.78, 5) is 0. The Hall–Kier alpha value is -0.0800. The van der Waals surface area contributed by atoms with Crippen molar-refractivity contribution in [1.29, 1.82) is 0 Å². The van der Waals surface area contributed by atoms with Crippen LogP contribution in [0.15, 0.2) is 0 Å². The van der Waals surface area contributed by atoms with Gasteiger partial charge in [-0.15, -0.1) is 0 Å². The quantitative estimate of drug-likeness (QED) is 0.576. The molecule has 0 spiro atoms. The maximum absolute atomic E-state index is 9.15. The number of hydrogen-bond donors (Lipinski definition) is 1. The lowest BCUT2D eigenvalue weighted by Gasteiger charge is -2.07. The maximum atomic E-state index is 9.15. The third-order valence-corrected chi connectivity index (χ3v) is 1.50. The third kappa shape index (κ3) is 6.05. The highest BCUT2D eigenvalue weighted by Gasteiger charge is 2.00. The fourth-order valence-electron chi connectivity index (χ4n) is 0.906. The van der Waals surface area contributed by atoms with E-state index >= 15 is 0 Å². The molecule has 2 heteroatoms. The zero-order chi connectivity index (χ0) is 7.82. The molecule has 0 amide bonds. The predicted octanol–water partition coefficient (Wildman–Crippen LogP) is 1.57. The van der Waals surface area contributed by atoms with Gasteiger partial charge in [0.15, 0.2) is 0 Å². The molecule has 1 unspecified atom stereocenters. The Bertz CT molecular complexity index is 64.3. The van der Waals surface area contributed by atoms with Crippen molar-refractivity contribution in [1.82, 2.24) is 0 Å². The van der Waals surface area contributed by atoms with Crippen molar-refractivity contribution < 1.29 is 9.84 Å². The molecule has 0 aromatic rings. The number of rotatable bonds is 6. The van der Waals surface area contributed by atoms with Gasteiger partial charge in [-0.2, -0.15) is 0 Å². The van der Waals surface area contributed by atoms with Crippen LogP contribution < -0.4 is 0 Å². The molecule has 0 radical (unpaired) electrons. The first kappa shape index (κ1) is 9.92. The van der Waals surface area contributed by atoms with Crippen LogP contribution in [0.5, 0.6) is 0 Å². The standard InChI is InChI=1S/C8H18O2/c1-3-4-5-6-8(9)7-10-2/h8-9H,3-7H2,1-2H3. The molecule has 0 aliphatic carbocycles. The summed E-state index contributed by atoms with van der Waals surface area (Å²) in [6, 6.07) is 0. The first-order valence-corrected chi connectivity index (χ1v) is 3.98. The highest BCUT2D eigenvalue weighted by Crippen LogP contribution is 2.02. The molecule has 0 aromatic heterocycles. The van der Waals surface area contributed by atoms with Gasteiger partial charge in [0, 0.05) is 7.11 Å². The van der Waals surface area contributed by atoms with E-state index in [4.69, 9.17) is 9.84 Å². The second kappa shape index (κ2) is 7.03. The lowest BCUT2D eigenvalue weighted by atomic mass is 10.1. The van der Waals surface area contributed by atoms with E-state index in [1.807, 2.05) is 0 Å². The Morgan fingerprint density at radius 1 is 1.40 bits per heavy atom. The molecule has 0 bridgehead atoms. The molecule has 1 N–H and O–H groups in total. The van der Waals surface area contributed by atoms with Crippen molar-refractivity contribution >= 4 is 0 Å². The molecule has 0 aliphatic rings. The van der Waals surface area contributed by atoms with E-state index in [1.54, 1.807) is 7.11 Å². The molecule has 0 saturated heterocycles. The maximum Gasteiger partial charge on any atom is 0.0773 e. The van der Waals surface area contributed by atoms with Crippen LogP contribution in [0.1, 0.15) is 32.6 Å². The lowest BCUT2D eigenvalue weighted by molar-refractivity contribution is 0.0577. The fraction of sp³-hybridized carbons (Fsp3) is 1.00. The molecule has 2 nitrogen and oxygen atoms in total. The van der Waals surface area contributed by atoms with E-state index in [1.165, 1.54) is 12.8 Å². The molecule has 0 heterocycles. The van der Waals surface area contributed by atoms with Crippen molar-refractivity contribution in [2.24, 2.45) is 0 Å². The summed E-state index contributed by atoms with van der Waals surface area (Å²) in [5.74, 6) is 0. The third-order valence-electron chi connectivity index (χ3n) is 1.50. The molecule has 0 rings (SSSR count). The van der Waals surface area contributed by atoms with Crippen LogP contribution in [-0.2, 0) is 4.74 Å². The van der Waals surface area contributed by atoms with E-state index in [-0.39, 0.29) is 6.10 Å². The van der Waals surface area contributed by atoms with Gasteiger partial charge in [0.1, 0.15) is 0 Å². The molecule has 0 aliphatic heterocycles. The van der Waals surface area contributed by atoms with Crippen molar-refractivity contribution in [3.05, 3.63) is 0 Å². The monoisotopic (exact) mass is 146 g/mol. The number of ether oxygens (including phenoxy) is 1. The Morgan fingerprint density at radius 2 is 2.10 bits per heavy atom. The van der Waals surface area contributed by atoms with Crippen LogP contribution in [0, 0.1) is 0 Å². The highest BCUT2D eigenvalue weighted by molar-refractivity contribution is 4.52. The molecule has 0 aromatic carbocycles. The Labute approximate surface area is 63.2 Å². The highest BCUT2D eigenvalue weighted by atomic mass is 16.5. The van der Waals surface area contributed by atoms with E-state index < -0.39 is 0 Å². The van der Waals surface area contributed by atoms with E-state index in [0.717, 1.165) is 12.8 Å². The Kier molecular flexibility index (Phi) is 6.98. The topological polar surface area (TPSA) is 29.5 Å². The van der Waals surface area contributed by atoms with Crippen LogP contribution in [0.3, 0.4) is 0 Å². The molecular formula is C8H18O2. The molecule has 10 heavy (non-hydrogen) atoms. The van der Waals surface area contributed by atoms with Crippen LogP contribution in [0.25, 0.3) is 0 Å². The van der Waals surface area contributed by atoms with Gasteiger partial charge in [-0.3, -0.25) is 0 Å². The number of hydrogen-bond acceptors (Lipinski definition) is 2. The lowest BCUT2D eigenvalue weighted by Crippen LogP contribution is -2.13. The second-order valence-corrected chi connectivity index (χ2v) is 2.60. The van der Waals surface area contributed by atoms with Gasteiger partial charge in [0.05, 0.1) is 12.7 Å². The summed E-state index contributed by atoms with van der Waals surface area (Å²) in [6.45, 7) is 2.63. The van der Waals surface area contributed by atoms with Crippen LogP contribution in [-0.4, -0.2) is 24.9 Å². The Balaban J connectivity index is 2.97. The second-order valence-electron chi connectivity index (χ2n) is 2.60. The summed E-state index contributed by atoms with van der Waals surface area (Å²) in [5, 5.41) is 9.15. The van der Waals surface area contributed by atoms with Gasteiger partial charge >= 0.3 is 0 Å². The summed E-state index contributed by atoms with van der Waals surface area (Å²) in [6.07, 6.45) is 4.15. The fourth-order valence-corrected chi connectivity index (χ4v) is 0.906. The van der Waals surface area contributed by atoms with Gasteiger partial charge in [-0.05, 0) is 6.42 Å². The average Bonchev–Trinajstić information content (AvgIpc) is 1.89. The molecule has 0 saturated carbocycles. The number of unbranched alkanes of at least 4 members (excludes halogenated alkanes) is 2. The minimum absolute atomic E-state index is 0.253. The van der Waals surface area contributed by atoms with E-state index in [0.29, 0.717) is 6.61 Å². The number of aliphatic hydroxyl groups excluding tert-OH is 1. The smallest absolute Gasteiger partial charge is 0.0773 e.